The lowest BCUT2D eigenvalue weighted by atomic mass is 10.1. The standard InChI is InChI=1S/C93H146O17P2/c1-5-9-13-17-21-25-29-33-37-40-43-46-50-53-57-61-65-69-73-77-90(95)103-83-88(109-92(97)79-75-71-67-63-59-55-49-36-32-28-24-20-16-12-8-4)85-107-111(99,100)105-81-87(94)82-106-112(101,102)108-86-89(110-93(98)80-76-72-68-64-60-56-52-48-45-42-39-35-31-27-23-19-15-11-7-3)84-104-91(96)78-74-70-66-62-58-54-51-47-44-41-38-34-30-26-22-18-14-10-6-2/h9-16,21-28,33-39,43-49,53-54,57-58,66,70,87-89,94H,5-8,17-20,29-32,40-42,50-52,55-56,59-65,67-69,71-86H2,1-4H3,(H,99,100)(H,101,102)/b13-9-,14-10-,15-11-,16-12-,25-21-,26-22-,27-23-,28-24-,37-33-,38-34-,39-35-,46-43-,47-44-,48-45-,49-36-,57-53-,58-54-,70-66-. The summed E-state index contributed by atoms with van der Waals surface area (Å²) in [6.07, 6.45) is 105. The van der Waals surface area contributed by atoms with E-state index in [0.29, 0.717) is 32.1 Å². The number of aliphatic hydroxyl groups is 1. The Bertz CT molecular complexity index is 2990. The quantitative estimate of drug-likeness (QED) is 0.0169. The first-order valence-corrected chi connectivity index (χ1v) is 45.0. The predicted octanol–water partition coefficient (Wildman–Crippen LogP) is 25.2. The lowest BCUT2D eigenvalue weighted by Gasteiger charge is -2.21. The van der Waals surface area contributed by atoms with Gasteiger partial charge < -0.3 is 33.8 Å². The van der Waals surface area contributed by atoms with Crippen molar-refractivity contribution in [2.24, 2.45) is 0 Å². The lowest BCUT2D eigenvalue weighted by molar-refractivity contribution is -0.161. The first-order chi connectivity index (χ1) is 54.7. The Balaban J connectivity index is 5.53. The van der Waals surface area contributed by atoms with E-state index >= 15 is 0 Å². The fraction of sp³-hybridized carbons (Fsp3) is 0.570. The Kier molecular flexibility index (Phi) is 77.5. The zero-order valence-corrected chi connectivity index (χ0v) is 70.8. The van der Waals surface area contributed by atoms with Crippen molar-refractivity contribution in [2.75, 3.05) is 39.6 Å². The minimum atomic E-state index is -5.02. The molecule has 0 bridgehead atoms. The monoisotopic (exact) mass is 1600 g/mol. The molecule has 0 aliphatic heterocycles. The zero-order chi connectivity index (χ0) is 81.7. The number of rotatable bonds is 76. The van der Waals surface area contributed by atoms with E-state index in [1.54, 1.807) is 0 Å². The Morgan fingerprint density at radius 3 is 0.732 bits per heavy atom. The van der Waals surface area contributed by atoms with Crippen molar-refractivity contribution in [2.45, 2.75) is 303 Å². The first-order valence-electron chi connectivity index (χ1n) is 42.0. The molecule has 0 radical (unpaired) electrons. The first kappa shape index (κ1) is 105. The molecule has 0 aliphatic rings. The van der Waals surface area contributed by atoms with Gasteiger partial charge in [-0.2, -0.15) is 0 Å². The highest BCUT2D eigenvalue weighted by Crippen LogP contribution is 2.45. The molecule has 0 aromatic heterocycles. The molecule has 0 spiro atoms. The molecule has 0 amide bonds. The molecule has 17 nitrogen and oxygen atoms in total. The molecule has 0 fully saturated rings. The maximum absolute atomic E-state index is 13.1. The summed E-state index contributed by atoms with van der Waals surface area (Å²) in [6, 6.07) is 0. The van der Waals surface area contributed by atoms with Crippen LogP contribution in [0.2, 0.25) is 0 Å². The van der Waals surface area contributed by atoms with E-state index in [-0.39, 0.29) is 25.7 Å². The van der Waals surface area contributed by atoms with Gasteiger partial charge in [0, 0.05) is 25.7 Å². The number of unbranched alkanes of at least 4 members (excludes halogenated alkanes) is 14. The van der Waals surface area contributed by atoms with Crippen LogP contribution in [0.3, 0.4) is 0 Å². The number of ether oxygens (including phenoxy) is 4. The summed E-state index contributed by atoms with van der Waals surface area (Å²) in [4.78, 5) is 73.2. The van der Waals surface area contributed by atoms with Gasteiger partial charge in [-0.3, -0.25) is 37.3 Å². The van der Waals surface area contributed by atoms with Gasteiger partial charge in [0.25, 0.3) is 0 Å². The molecule has 0 rings (SSSR count). The molecule has 5 unspecified atom stereocenters. The molecule has 0 saturated carbocycles. The van der Waals surface area contributed by atoms with Gasteiger partial charge in [0.2, 0.25) is 0 Å². The summed E-state index contributed by atoms with van der Waals surface area (Å²) in [5.41, 5.74) is 0. The molecule has 5 atom stereocenters. The van der Waals surface area contributed by atoms with E-state index in [1.165, 1.54) is 0 Å². The van der Waals surface area contributed by atoms with E-state index in [1.807, 2.05) is 18.2 Å². The molecule has 0 saturated heterocycles. The summed E-state index contributed by atoms with van der Waals surface area (Å²) in [7, 11) is -10.0. The maximum atomic E-state index is 13.1. The summed E-state index contributed by atoms with van der Waals surface area (Å²) >= 11 is 0. The van der Waals surface area contributed by atoms with Crippen LogP contribution in [0.4, 0.5) is 0 Å². The molecule has 3 N–H and O–H groups in total. The number of esters is 4. The second-order valence-corrected chi connectivity index (χ2v) is 29.8. The van der Waals surface area contributed by atoms with Crippen LogP contribution < -0.4 is 0 Å². The molecule has 0 aromatic carbocycles. The Morgan fingerprint density at radius 2 is 0.455 bits per heavy atom. The second-order valence-electron chi connectivity index (χ2n) is 26.9. The number of phosphoric ester groups is 2. The molecule has 0 aromatic rings. The highest BCUT2D eigenvalue weighted by molar-refractivity contribution is 7.47. The smallest absolute Gasteiger partial charge is 0.462 e. The van der Waals surface area contributed by atoms with Crippen LogP contribution in [0, 0.1) is 0 Å². The third-order valence-electron chi connectivity index (χ3n) is 16.4. The van der Waals surface area contributed by atoms with Crippen molar-refractivity contribution in [3.8, 4) is 0 Å². The number of hydrogen-bond acceptors (Lipinski definition) is 15. The largest absolute Gasteiger partial charge is 0.472 e. The number of phosphoric acid groups is 2. The fourth-order valence-electron chi connectivity index (χ4n) is 10.2. The lowest BCUT2D eigenvalue weighted by Crippen LogP contribution is -2.30. The maximum Gasteiger partial charge on any atom is 0.472 e. The summed E-state index contributed by atoms with van der Waals surface area (Å²) in [6.45, 7) is 4.24. The van der Waals surface area contributed by atoms with E-state index in [9.17, 15) is 43.2 Å². The van der Waals surface area contributed by atoms with Crippen molar-refractivity contribution in [3.63, 3.8) is 0 Å². The summed E-state index contributed by atoms with van der Waals surface area (Å²) < 4.78 is 68.7. The van der Waals surface area contributed by atoms with Crippen LogP contribution in [0.1, 0.15) is 285 Å². The molecule has 630 valence electrons. The fourth-order valence-corrected chi connectivity index (χ4v) is 11.8. The highest BCUT2D eigenvalue weighted by Gasteiger charge is 2.30. The minimum absolute atomic E-state index is 0.0227. The van der Waals surface area contributed by atoms with Crippen LogP contribution in [0.5, 0.6) is 0 Å². The van der Waals surface area contributed by atoms with Crippen molar-refractivity contribution >= 4 is 39.5 Å². The van der Waals surface area contributed by atoms with E-state index in [4.69, 9.17) is 37.0 Å². The Hall–Kier alpha value is -6.62. The minimum Gasteiger partial charge on any atom is -0.462 e. The van der Waals surface area contributed by atoms with Gasteiger partial charge in [0.05, 0.1) is 26.4 Å². The number of carbonyl (C=O) groups is 4. The van der Waals surface area contributed by atoms with Crippen molar-refractivity contribution in [3.05, 3.63) is 219 Å². The number of aliphatic hydroxyl groups excluding tert-OH is 1. The van der Waals surface area contributed by atoms with E-state index in [2.05, 4.69) is 228 Å². The third-order valence-corrected chi connectivity index (χ3v) is 18.3. The van der Waals surface area contributed by atoms with Crippen LogP contribution in [-0.4, -0.2) is 96.7 Å². The van der Waals surface area contributed by atoms with Crippen LogP contribution in [0.25, 0.3) is 0 Å². The van der Waals surface area contributed by atoms with Crippen LogP contribution in [-0.2, 0) is 65.4 Å². The SMILES string of the molecule is CC/C=C\C/C=C\C/C=C\C/C=C\C/C=C\C/C=C\CCC(=O)OCC(COP(=O)(O)OCC(O)COP(=O)(O)OCC(COC(=O)CCCCC/C=C\C/C=C\C/C=C\C/C=C\C/C=C\CC)OC(=O)CCCCCCC/C=C\C/C=C\C/C=C\CC)OC(=O)CCCCCCCC/C=C\C/C=C\C/C=C\C/C=C\CC. The van der Waals surface area contributed by atoms with Crippen LogP contribution in [0.15, 0.2) is 219 Å². The molecular weight excluding hydrogens is 1450 g/mol. The Labute approximate surface area is 677 Å². The number of carbonyl (C=O) groups excluding carboxylic acids is 4. The molecule has 112 heavy (non-hydrogen) atoms. The molecular formula is C93H146O17P2. The molecule has 0 heterocycles. The van der Waals surface area contributed by atoms with Gasteiger partial charge in [0.15, 0.2) is 12.2 Å². The zero-order valence-electron chi connectivity index (χ0n) is 69.0. The molecule has 19 heteroatoms. The van der Waals surface area contributed by atoms with Gasteiger partial charge in [-0.05, 0) is 180 Å². The van der Waals surface area contributed by atoms with E-state index in [0.717, 1.165) is 199 Å². The Morgan fingerprint density at radius 1 is 0.250 bits per heavy atom. The van der Waals surface area contributed by atoms with Crippen molar-refractivity contribution < 1.29 is 80.2 Å². The summed E-state index contributed by atoms with van der Waals surface area (Å²) in [5, 5.41) is 10.7. The van der Waals surface area contributed by atoms with Gasteiger partial charge in [-0.15, -0.1) is 0 Å². The normalized spacial score (nSPS) is 14.9. The molecule has 0 aliphatic carbocycles. The average molecular weight is 1600 g/mol. The highest BCUT2D eigenvalue weighted by atomic mass is 31.2. The van der Waals surface area contributed by atoms with E-state index < -0.39 is 97.5 Å². The predicted molar refractivity (Wildman–Crippen MR) is 463 cm³/mol. The third kappa shape index (κ3) is 81.4. The summed E-state index contributed by atoms with van der Waals surface area (Å²) in [5.74, 6) is -2.37. The average Bonchev–Trinajstić information content (AvgIpc) is 0.898. The number of hydrogen-bond donors (Lipinski definition) is 3. The van der Waals surface area contributed by atoms with Crippen molar-refractivity contribution in [1.29, 1.82) is 0 Å². The number of allylic oxidation sites excluding steroid dienone is 36. The second kappa shape index (κ2) is 82.4. The van der Waals surface area contributed by atoms with Crippen LogP contribution >= 0.6 is 15.6 Å². The van der Waals surface area contributed by atoms with Gasteiger partial charge in [-0.1, -0.05) is 298 Å². The van der Waals surface area contributed by atoms with Gasteiger partial charge in [-0.25, -0.2) is 9.13 Å². The van der Waals surface area contributed by atoms with Gasteiger partial charge in [0.1, 0.15) is 19.3 Å². The van der Waals surface area contributed by atoms with Crippen molar-refractivity contribution in [1.82, 2.24) is 0 Å². The topological polar surface area (TPSA) is 237 Å². The van der Waals surface area contributed by atoms with Gasteiger partial charge >= 0.3 is 39.5 Å².